The Hall–Kier alpha value is -0.780. The smallest absolute Gasteiger partial charge is 0.211 e. The summed E-state index contributed by atoms with van der Waals surface area (Å²) in [5.41, 5.74) is 0.973. The van der Waals surface area contributed by atoms with Crippen LogP contribution in [0.1, 0.15) is 12.5 Å². The average molecular weight is 292 g/mol. The topological polar surface area (TPSA) is 66.4 Å². The van der Waals surface area contributed by atoms with Crippen LogP contribution in [0, 0.1) is 5.92 Å². The molecule has 0 saturated carbocycles. The molecule has 0 radical (unpaired) electrons. The Morgan fingerprint density at radius 1 is 1.33 bits per heavy atom. The fourth-order valence-electron chi connectivity index (χ4n) is 1.49. The van der Waals surface area contributed by atoms with E-state index < -0.39 is 10.0 Å². The maximum atomic E-state index is 11.6. The zero-order valence-corrected chi connectivity index (χ0v) is 11.8. The van der Waals surface area contributed by atoms with Gasteiger partial charge in [0.05, 0.1) is 5.75 Å². The minimum Gasteiger partial charge on any atom is -0.508 e. The van der Waals surface area contributed by atoms with Gasteiger partial charge in [0.1, 0.15) is 5.75 Å². The number of phenolic OH excluding ortho intramolecular Hbond substituents is 1. The van der Waals surface area contributed by atoms with E-state index in [4.69, 9.17) is 16.7 Å². The van der Waals surface area contributed by atoms with Crippen LogP contribution in [0.5, 0.6) is 5.75 Å². The normalized spacial score (nSPS) is 13.4. The van der Waals surface area contributed by atoms with E-state index >= 15 is 0 Å². The number of nitrogens with one attached hydrogen (secondary N) is 1. The first-order valence-electron chi connectivity index (χ1n) is 5.74. The number of sulfonamides is 1. The van der Waals surface area contributed by atoms with Crippen LogP contribution in [0.2, 0.25) is 0 Å². The molecule has 4 nitrogen and oxygen atoms in total. The molecule has 0 aliphatic rings. The van der Waals surface area contributed by atoms with Gasteiger partial charge in [-0.05, 0) is 30.0 Å². The Morgan fingerprint density at radius 2 is 1.94 bits per heavy atom. The molecule has 0 aliphatic carbocycles. The van der Waals surface area contributed by atoms with Gasteiger partial charge >= 0.3 is 0 Å². The van der Waals surface area contributed by atoms with Gasteiger partial charge < -0.3 is 5.11 Å². The van der Waals surface area contributed by atoms with Crippen LogP contribution in [0.15, 0.2) is 24.3 Å². The quantitative estimate of drug-likeness (QED) is 0.752. The lowest BCUT2D eigenvalue weighted by Crippen LogP contribution is -2.31. The molecule has 0 fully saturated rings. The first kappa shape index (κ1) is 15.3. The van der Waals surface area contributed by atoms with Gasteiger partial charge in [0.25, 0.3) is 0 Å². The van der Waals surface area contributed by atoms with Crippen molar-refractivity contribution < 1.29 is 13.5 Å². The zero-order chi connectivity index (χ0) is 13.6. The number of halogens is 1. The van der Waals surface area contributed by atoms with Crippen molar-refractivity contribution in [2.75, 3.05) is 18.2 Å². The molecule has 0 aliphatic heterocycles. The molecule has 0 bridgehead atoms. The molecule has 0 saturated heterocycles. The summed E-state index contributed by atoms with van der Waals surface area (Å²) < 4.78 is 25.8. The summed E-state index contributed by atoms with van der Waals surface area (Å²) in [6.45, 7) is 2.15. The summed E-state index contributed by atoms with van der Waals surface area (Å²) in [5.74, 6) is 0.526. The molecule has 0 amide bonds. The van der Waals surface area contributed by atoms with Crippen LogP contribution in [0.3, 0.4) is 0 Å². The lowest BCUT2D eigenvalue weighted by molar-refractivity contribution is 0.475. The zero-order valence-electron chi connectivity index (χ0n) is 10.3. The predicted molar refractivity (Wildman–Crippen MR) is 73.5 cm³/mol. The van der Waals surface area contributed by atoms with Crippen molar-refractivity contribution in [3.63, 3.8) is 0 Å². The molecule has 1 unspecified atom stereocenters. The second kappa shape index (κ2) is 6.97. The van der Waals surface area contributed by atoms with Gasteiger partial charge in [0, 0.05) is 12.4 Å². The molecular weight excluding hydrogens is 274 g/mol. The van der Waals surface area contributed by atoms with E-state index in [-0.39, 0.29) is 17.4 Å². The van der Waals surface area contributed by atoms with Crippen molar-refractivity contribution in [2.24, 2.45) is 5.92 Å². The van der Waals surface area contributed by atoms with E-state index in [0.717, 1.165) is 5.56 Å². The third-order valence-electron chi connectivity index (χ3n) is 2.44. The molecular formula is C12H18ClNO3S. The summed E-state index contributed by atoms with van der Waals surface area (Å²) in [7, 11) is -3.26. The molecule has 1 aromatic rings. The molecule has 6 heteroatoms. The van der Waals surface area contributed by atoms with Gasteiger partial charge in [0.2, 0.25) is 10.0 Å². The molecule has 1 atom stereocenters. The number of benzene rings is 1. The SMILES string of the molecule is CC(CCl)CS(=O)(=O)NCCc1ccc(O)cc1. The van der Waals surface area contributed by atoms with E-state index in [1.54, 1.807) is 31.2 Å². The Labute approximate surface area is 113 Å². The van der Waals surface area contributed by atoms with E-state index in [1.807, 2.05) is 0 Å². The van der Waals surface area contributed by atoms with Crippen molar-refractivity contribution in [1.82, 2.24) is 4.72 Å². The largest absolute Gasteiger partial charge is 0.508 e. The highest BCUT2D eigenvalue weighted by atomic mass is 35.5. The number of hydrogen-bond acceptors (Lipinski definition) is 3. The molecule has 0 heterocycles. The first-order chi connectivity index (χ1) is 8.43. The van der Waals surface area contributed by atoms with E-state index in [0.29, 0.717) is 18.8 Å². The summed E-state index contributed by atoms with van der Waals surface area (Å²) in [5, 5.41) is 9.11. The van der Waals surface area contributed by atoms with Gasteiger partial charge in [0.15, 0.2) is 0 Å². The van der Waals surface area contributed by atoms with Crippen LogP contribution in [0.4, 0.5) is 0 Å². The van der Waals surface area contributed by atoms with Gasteiger partial charge in [-0.1, -0.05) is 19.1 Å². The van der Waals surface area contributed by atoms with Crippen molar-refractivity contribution in [1.29, 1.82) is 0 Å². The minimum atomic E-state index is -3.26. The summed E-state index contributed by atoms with van der Waals surface area (Å²) in [6.07, 6.45) is 0.592. The standard InChI is InChI=1S/C12H18ClNO3S/c1-10(8-13)9-18(16,17)14-7-6-11-2-4-12(15)5-3-11/h2-5,10,14-15H,6-9H2,1H3. The molecule has 1 aromatic carbocycles. The minimum absolute atomic E-state index is 0.0477. The molecule has 102 valence electrons. The highest BCUT2D eigenvalue weighted by Gasteiger charge is 2.14. The highest BCUT2D eigenvalue weighted by Crippen LogP contribution is 2.09. The van der Waals surface area contributed by atoms with Gasteiger partial charge in [-0.2, -0.15) is 0 Å². The van der Waals surface area contributed by atoms with Crippen molar-refractivity contribution in [3.05, 3.63) is 29.8 Å². The predicted octanol–water partition coefficient (Wildman–Crippen LogP) is 1.73. The maximum absolute atomic E-state index is 11.6. The van der Waals surface area contributed by atoms with Crippen LogP contribution in [-0.4, -0.2) is 31.7 Å². The number of alkyl halides is 1. The van der Waals surface area contributed by atoms with Gasteiger partial charge in [-0.25, -0.2) is 13.1 Å². The molecule has 0 spiro atoms. The third-order valence-corrected chi connectivity index (χ3v) is 4.62. The van der Waals surface area contributed by atoms with Crippen LogP contribution in [0.25, 0.3) is 0 Å². The molecule has 2 N–H and O–H groups in total. The summed E-state index contributed by atoms with van der Waals surface area (Å²) in [6, 6.07) is 6.70. The maximum Gasteiger partial charge on any atom is 0.211 e. The third kappa shape index (κ3) is 5.71. The van der Waals surface area contributed by atoms with E-state index in [9.17, 15) is 8.42 Å². The fraction of sp³-hybridized carbons (Fsp3) is 0.500. The average Bonchev–Trinajstić information content (AvgIpc) is 2.31. The first-order valence-corrected chi connectivity index (χ1v) is 7.93. The van der Waals surface area contributed by atoms with Crippen LogP contribution >= 0.6 is 11.6 Å². The molecule has 18 heavy (non-hydrogen) atoms. The van der Waals surface area contributed by atoms with E-state index in [2.05, 4.69) is 4.72 Å². The van der Waals surface area contributed by atoms with Crippen molar-refractivity contribution >= 4 is 21.6 Å². The Balaban J connectivity index is 2.39. The second-order valence-electron chi connectivity index (χ2n) is 4.35. The van der Waals surface area contributed by atoms with Gasteiger partial charge in [-0.15, -0.1) is 11.6 Å². The van der Waals surface area contributed by atoms with Crippen molar-refractivity contribution in [3.8, 4) is 5.75 Å². The second-order valence-corrected chi connectivity index (χ2v) is 6.51. The Bertz CT molecular complexity index is 459. The Morgan fingerprint density at radius 3 is 2.50 bits per heavy atom. The fourth-order valence-corrected chi connectivity index (χ4v) is 3.13. The lowest BCUT2D eigenvalue weighted by Gasteiger charge is -2.10. The number of aromatic hydroxyl groups is 1. The summed E-state index contributed by atoms with van der Waals surface area (Å²) in [4.78, 5) is 0. The Kier molecular flexibility index (Phi) is 5.91. The highest BCUT2D eigenvalue weighted by molar-refractivity contribution is 7.89. The summed E-state index contributed by atoms with van der Waals surface area (Å²) >= 11 is 5.59. The molecule has 1 rings (SSSR count). The van der Waals surface area contributed by atoms with Gasteiger partial charge in [-0.3, -0.25) is 0 Å². The lowest BCUT2D eigenvalue weighted by atomic mass is 10.1. The monoisotopic (exact) mass is 291 g/mol. The number of phenols is 1. The van der Waals surface area contributed by atoms with E-state index in [1.165, 1.54) is 0 Å². The van der Waals surface area contributed by atoms with Crippen LogP contribution in [-0.2, 0) is 16.4 Å². The van der Waals surface area contributed by atoms with Crippen molar-refractivity contribution in [2.45, 2.75) is 13.3 Å². The molecule has 0 aromatic heterocycles. The number of rotatable bonds is 7. The number of hydrogen-bond donors (Lipinski definition) is 2. The van der Waals surface area contributed by atoms with Crippen LogP contribution < -0.4 is 4.72 Å².